The topological polar surface area (TPSA) is 70.4 Å². The van der Waals surface area contributed by atoms with Crippen LogP contribution in [-0.2, 0) is 9.59 Å². The maximum Gasteiger partial charge on any atom is 0.237 e. The number of carbonyl (C=O) groups is 2. The van der Waals surface area contributed by atoms with Gasteiger partial charge >= 0.3 is 0 Å². The van der Waals surface area contributed by atoms with E-state index in [1.165, 1.54) is 18.1 Å². The average Bonchev–Trinajstić information content (AvgIpc) is 3.14. The van der Waals surface area contributed by atoms with Crippen LogP contribution in [0.3, 0.4) is 0 Å². The van der Waals surface area contributed by atoms with Gasteiger partial charge in [0.2, 0.25) is 11.8 Å². The summed E-state index contributed by atoms with van der Waals surface area (Å²) < 4.78 is 5.15. The normalized spacial score (nSPS) is 24.8. The Morgan fingerprint density at radius 1 is 1.33 bits per heavy atom. The smallest absolute Gasteiger partial charge is 0.237 e. The van der Waals surface area contributed by atoms with Crippen molar-refractivity contribution in [3.05, 3.63) is 23.8 Å². The third kappa shape index (κ3) is 1.32. The summed E-state index contributed by atoms with van der Waals surface area (Å²) in [5, 5.41) is 8.81. The van der Waals surface area contributed by atoms with Gasteiger partial charge in [0.05, 0.1) is 36.3 Å². The van der Waals surface area contributed by atoms with Crippen molar-refractivity contribution in [3.63, 3.8) is 0 Å². The van der Waals surface area contributed by atoms with E-state index in [0.717, 1.165) is 0 Å². The number of nitrogens with zero attached hydrogens (tertiary/aromatic N) is 2. The highest BCUT2D eigenvalue weighted by Gasteiger charge is 2.59. The molecule has 1 aromatic rings. The molecule has 1 saturated carbocycles. The SMILES string of the molecule is COc1cc(C#N)ccc1N1C(=O)C2CC2C1=O. The lowest BCUT2D eigenvalue weighted by atomic mass is 10.2. The first-order valence-electron chi connectivity index (χ1n) is 5.63. The molecule has 90 valence electrons. The molecule has 18 heavy (non-hydrogen) atoms. The Bertz CT molecular complexity index is 583. The molecule has 2 fully saturated rings. The molecule has 2 amide bonds. The van der Waals surface area contributed by atoms with Crippen LogP contribution in [-0.4, -0.2) is 18.9 Å². The Labute approximate surface area is 104 Å². The predicted molar refractivity (Wildman–Crippen MR) is 61.8 cm³/mol. The maximum atomic E-state index is 12.0. The highest BCUT2D eigenvalue weighted by Crippen LogP contribution is 2.49. The van der Waals surface area contributed by atoms with Gasteiger partial charge in [-0.05, 0) is 18.6 Å². The fraction of sp³-hybridized carbons (Fsp3) is 0.308. The largest absolute Gasteiger partial charge is 0.495 e. The van der Waals surface area contributed by atoms with E-state index in [-0.39, 0.29) is 23.7 Å². The monoisotopic (exact) mass is 242 g/mol. The summed E-state index contributed by atoms with van der Waals surface area (Å²) in [6, 6.07) is 6.67. The fourth-order valence-corrected chi connectivity index (χ4v) is 2.35. The van der Waals surface area contributed by atoms with E-state index in [4.69, 9.17) is 10.00 Å². The van der Waals surface area contributed by atoms with Crippen molar-refractivity contribution in [2.45, 2.75) is 6.42 Å². The van der Waals surface area contributed by atoms with Crippen molar-refractivity contribution in [3.8, 4) is 11.8 Å². The van der Waals surface area contributed by atoms with Crippen LogP contribution >= 0.6 is 0 Å². The number of amides is 2. The number of nitriles is 1. The summed E-state index contributed by atoms with van der Waals surface area (Å²) in [5.41, 5.74) is 0.860. The van der Waals surface area contributed by atoms with Gasteiger partial charge in [0.1, 0.15) is 5.75 Å². The molecular formula is C13H10N2O3. The number of hydrogen-bond donors (Lipinski definition) is 0. The van der Waals surface area contributed by atoms with Crippen molar-refractivity contribution >= 4 is 17.5 Å². The van der Waals surface area contributed by atoms with Crippen molar-refractivity contribution in [2.24, 2.45) is 11.8 Å². The number of imide groups is 1. The van der Waals surface area contributed by atoms with Crippen LogP contribution < -0.4 is 9.64 Å². The third-order valence-corrected chi connectivity index (χ3v) is 3.42. The highest BCUT2D eigenvalue weighted by molar-refractivity contribution is 6.25. The van der Waals surface area contributed by atoms with Gasteiger partial charge in [-0.25, -0.2) is 4.90 Å². The van der Waals surface area contributed by atoms with Crippen LogP contribution in [0.5, 0.6) is 5.75 Å². The molecule has 5 heteroatoms. The molecule has 2 unspecified atom stereocenters. The lowest BCUT2D eigenvalue weighted by Gasteiger charge is -2.19. The van der Waals surface area contributed by atoms with Gasteiger partial charge in [-0.2, -0.15) is 5.26 Å². The van der Waals surface area contributed by atoms with E-state index in [1.807, 2.05) is 6.07 Å². The molecule has 1 saturated heterocycles. The molecule has 0 bridgehead atoms. The number of piperidine rings is 1. The summed E-state index contributed by atoms with van der Waals surface area (Å²) in [4.78, 5) is 25.1. The Balaban J connectivity index is 2.05. The number of ether oxygens (including phenoxy) is 1. The quantitative estimate of drug-likeness (QED) is 0.727. The second-order valence-corrected chi connectivity index (χ2v) is 4.46. The molecule has 3 rings (SSSR count). The summed E-state index contributed by atoms with van der Waals surface area (Å²) in [5.74, 6) is -0.228. The Morgan fingerprint density at radius 2 is 2.00 bits per heavy atom. The molecule has 0 aromatic heterocycles. The second-order valence-electron chi connectivity index (χ2n) is 4.46. The van der Waals surface area contributed by atoms with Gasteiger partial charge in [-0.3, -0.25) is 9.59 Å². The number of carbonyl (C=O) groups excluding carboxylic acids is 2. The minimum absolute atomic E-state index is 0.141. The molecule has 1 aromatic carbocycles. The van der Waals surface area contributed by atoms with Crippen LogP contribution in [0.4, 0.5) is 5.69 Å². The van der Waals surface area contributed by atoms with E-state index in [9.17, 15) is 9.59 Å². The van der Waals surface area contributed by atoms with Crippen molar-refractivity contribution in [2.75, 3.05) is 12.0 Å². The number of anilines is 1. The van der Waals surface area contributed by atoms with Crippen molar-refractivity contribution < 1.29 is 14.3 Å². The molecule has 5 nitrogen and oxygen atoms in total. The molecule has 0 radical (unpaired) electrons. The number of rotatable bonds is 2. The van der Waals surface area contributed by atoms with Crippen molar-refractivity contribution in [1.82, 2.24) is 0 Å². The fourth-order valence-electron chi connectivity index (χ4n) is 2.35. The van der Waals surface area contributed by atoms with Gasteiger partial charge in [0.15, 0.2) is 0 Å². The third-order valence-electron chi connectivity index (χ3n) is 3.42. The summed E-state index contributed by atoms with van der Waals surface area (Å²) in [6.07, 6.45) is 0.673. The number of fused-ring (bicyclic) bond motifs is 1. The van der Waals surface area contributed by atoms with E-state index in [0.29, 0.717) is 23.4 Å². The lowest BCUT2D eigenvalue weighted by Crippen LogP contribution is -2.33. The molecule has 1 heterocycles. The highest BCUT2D eigenvalue weighted by atomic mass is 16.5. The number of benzene rings is 1. The molecule has 0 N–H and O–H groups in total. The van der Waals surface area contributed by atoms with Gasteiger partial charge in [-0.1, -0.05) is 0 Å². The molecule has 2 aliphatic rings. The summed E-state index contributed by atoms with van der Waals surface area (Å²) in [7, 11) is 1.45. The Morgan fingerprint density at radius 3 is 2.56 bits per heavy atom. The molecule has 2 atom stereocenters. The number of hydrogen-bond acceptors (Lipinski definition) is 4. The van der Waals surface area contributed by atoms with Gasteiger partial charge in [-0.15, -0.1) is 0 Å². The lowest BCUT2D eigenvalue weighted by molar-refractivity contribution is -0.123. The minimum atomic E-state index is -0.159. The first-order chi connectivity index (χ1) is 8.67. The maximum absolute atomic E-state index is 12.0. The standard InChI is InChI=1S/C13H10N2O3/c1-18-11-4-7(6-14)2-3-10(11)15-12(16)8-5-9(8)13(15)17/h2-4,8-9H,5H2,1H3. The Kier molecular flexibility index (Phi) is 2.14. The van der Waals surface area contributed by atoms with E-state index >= 15 is 0 Å². The zero-order valence-electron chi connectivity index (χ0n) is 9.71. The zero-order valence-corrected chi connectivity index (χ0v) is 9.71. The van der Waals surface area contributed by atoms with Gasteiger partial charge < -0.3 is 4.74 Å². The first kappa shape index (κ1) is 10.8. The van der Waals surface area contributed by atoms with Crippen molar-refractivity contribution in [1.29, 1.82) is 5.26 Å². The van der Waals surface area contributed by atoms with E-state index in [2.05, 4.69) is 0 Å². The summed E-state index contributed by atoms with van der Waals surface area (Å²) >= 11 is 0. The molecule has 1 aliphatic carbocycles. The average molecular weight is 242 g/mol. The predicted octanol–water partition coefficient (Wildman–Crippen LogP) is 1.08. The van der Waals surface area contributed by atoms with E-state index in [1.54, 1.807) is 12.1 Å². The van der Waals surface area contributed by atoms with Gasteiger partial charge in [0, 0.05) is 6.07 Å². The Hall–Kier alpha value is -2.35. The zero-order chi connectivity index (χ0) is 12.9. The van der Waals surface area contributed by atoms with E-state index < -0.39 is 0 Å². The summed E-state index contributed by atoms with van der Waals surface area (Å²) in [6.45, 7) is 0. The molecule has 1 aliphatic heterocycles. The molecular weight excluding hydrogens is 232 g/mol. The molecule has 0 spiro atoms. The number of methoxy groups -OCH3 is 1. The van der Waals surface area contributed by atoms with Crippen LogP contribution in [0.1, 0.15) is 12.0 Å². The first-order valence-corrected chi connectivity index (χ1v) is 5.63. The van der Waals surface area contributed by atoms with Crippen LogP contribution in [0, 0.1) is 23.2 Å². The second kappa shape index (κ2) is 3.57. The minimum Gasteiger partial charge on any atom is -0.495 e. The van der Waals surface area contributed by atoms with Crippen LogP contribution in [0.15, 0.2) is 18.2 Å². The van der Waals surface area contributed by atoms with Crippen LogP contribution in [0.2, 0.25) is 0 Å². The van der Waals surface area contributed by atoms with Crippen LogP contribution in [0.25, 0.3) is 0 Å². The van der Waals surface area contributed by atoms with Gasteiger partial charge in [0.25, 0.3) is 0 Å².